The highest BCUT2D eigenvalue weighted by atomic mass is 19.4. The number of aliphatic carboxylic acids is 1. The van der Waals surface area contributed by atoms with E-state index in [1.54, 1.807) is 19.1 Å². The van der Waals surface area contributed by atoms with E-state index < -0.39 is 53.9 Å². The summed E-state index contributed by atoms with van der Waals surface area (Å²) < 4.78 is 85.9. The summed E-state index contributed by atoms with van der Waals surface area (Å²) in [5.41, 5.74) is -0.476. The summed E-state index contributed by atoms with van der Waals surface area (Å²) in [6, 6.07) is 5.95. The van der Waals surface area contributed by atoms with Gasteiger partial charge in [-0.2, -0.15) is 26.3 Å². The van der Waals surface area contributed by atoms with Crippen LogP contribution in [-0.2, 0) is 16.1 Å². The van der Waals surface area contributed by atoms with Crippen molar-refractivity contribution < 1.29 is 51.2 Å². The first-order chi connectivity index (χ1) is 21.9. The number of phenols is 1. The Hall–Kier alpha value is -3.88. The number of aromatic hydroxyl groups is 1. The van der Waals surface area contributed by atoms with Crippen LogP contribution in [-0.4, -0.2) is 75.2 Å². The fraction of sp³-hybridized carbons (Fsp3) is 0.455. The number of aliphatic hydroxyl groups is 1. The molecule has 2 aromatic rings. The number of aromatic nitrogens is 1. The zero-order chi connectivity index (χ0) is 34.6. The topological polar surface area (TPSA) is 106 Å². The van der Waals surface area contributed by atoms with Crippen molar-refractivity contribution in [1.29, 1.82) is 0 Å². The van der Waals surface area contributed by atoms with Crippen molar-refractivity contribution in [1.82, 2.24) is 9.88 Å². The number of halogens is 6. The van der Waals surface area contributed by atoms with Gasteiger partial charge in [-0.05, 0) is 86.6 Å². The number of rotatable bonds is 9. The average Bonchev–Trinajstić information content (AvgIpc) is 3.69. The Labute approximate surface area is 267 Å². The molecule has 1 aliphatic carbocycles. The van der Waals surface area contributed by atoms with Gasteiger partial charge >= 0.3 is 18.3 Å². The summed E-state index contributed by atoms with van der Waals surface area (Å²) in [5.74, 6) is -1.06. The predicted octanol–water partition coefficient (Wildman–Crippen LogP) is 6.58. The van der Waals surface area contributed by atoms with E-state index >= 15 is 0 Å². The van der Waals surface area contributed by atoms with Gasteiger partial charge in [-0.15, -0.1) is 0 Å². The van der Waals surface area contributed by atoms with Gasteiger partial charge in [-0.1, -0.05) is 12.6 Å². The summed E-state index contributed by atoms with van der Waals surface area (Å²) in [7, 11) is 0. The number of benzene rings is 1. The Morgan fingerprint density at radius 3 is 2.36 bits per heavy atom. The third kappa shape index (κ3) is 7.19. The monoisotopic (exact) mass is 667 g/mol. The molecule has 3 fully saturated rings. The van der Waals surface area contributed by atoms with Gasteiger partial charge in [-0.25, -0.2) is 9.88 Å². The van der Waals surface area contributed by atoms with Crippen molar-refractivity contribution in [2.24, 2.45) is 5.92 Å². The fourth-order valence-corrected chi connectivity index (χ4v) is 6.02. The lowest BCUT2D eigenvalue weighted by Gasteiger charge is -2.33. The minimum absolute atomic E-state index is 0.000150. The van der Waals surface area contributed by atoms with E-state index in [4.69, 9.17) is 9.72 Å². The largest absolute Gasteiger partial charge is 0.507 e. The third-order valence-electron chi connectivity index (χ3n) is 8.98. The lowest BCUT2D eigenvalue weighted by Crippen LogP contribution is -2.39. The number of carbonyl (C=O) groups is 1. The van der Waals surface area contributed by atoms with E-state index in [0.717, 1.165) is 30.6 Å². The number of alkyl halides is 6. The van der Waals surface area contributed by atoms with Gasteiger partial charge in [0.15, 0.2) is 0 Å². The number of anilines is 1. The van der Waals surface area contributed by atoms with Crippen molar-refractivity contribution in [3.63, 3.8) is 0 Å². The molecule has 14 heteroatoms. The van der Waals surface area contributed by atoms with Crippen LogP contribution >= 0.6 is 0 Å². The van der Waals surface area contributed by atoms with Gasteiger partial charge in [0.05, 0.1) is 17.2 Å². The molecule has 5 rings (SSSR count). The summed E-state index contributed by atoms with van der Waals surface area (Å²) in [6.07, 6.45) is -11.0. The van der Waals surface area contributed by atoms with Crippen LogP contribution in [0.4, 0.5) is 32.2 Å². The maximum Gasteiger partial charge on any atom is 0.416 e. The lowest BCUT2D eigenvalue weighted by atomic mass is 9.94. The molecule has 1 unspecified atom stereocenters. The van der Waals surface area contributed by atoms with Crippen molar-refractivity contribution in [3.8, 4) is 16.9 Å². The number of pyridine rings is 1. The number of phenolic OH excluding ortho intramolecular Hbond substituents is 1. The molecule has 3 N–H and O–H groups in total. The van der Waals surface area contributed by atoms with Crippen LogP contribution in [0.3, 0.4) is 0 Å². The molecular weight excluding hydrogens is 632 g/mol. The number of hydrogen-bond acceptors (Lipinski definition) is 7. The van der Waals surface area contributed by atoms with E-state index in [1.807, 2.05) is 17.9 Å². The predicted molar refractivity (Wildman–Crippen MR) is 160 cm³/mol. The molecule has 2 aliphatic heterocycles. The number of aryl methyl sites for hydroxylation is 1. The van der Waals surface area contributed by atoms with Crippen LogP contribution < -0.4 is 4.90 Å². The van der Waals surface area contributed by atoms with Crippen LogP contribution in [0, 0.1) is 12.8 Å². The van der Waals surface area contributed by atoms with Crippen molar-refractivity contribution in [3.05, 3.63) is 76.5 Å². The molecule has 1 saturated carbocycles. The summed E-state index contributed by atoms with van der Waals surface area (Å²) in [5, 5.41) is 31.3. The van der Waals surface area contributed by atoms with Gasteiger partial charge in [0.2, 0.25) is 6.41 Å². The molecule has 2 saturated heterocycles. The molecule has 1 aromatic heterocycles. The van der Waals surface area contributed by atoms with Gasteiger partial charge in [-0.3, -0.25) is 4.79 Å². The Morgan fingerprint density at radius 2 is 1.81 bits per heavy atom. The van der Waals surface area contributed by atoms with Crippen LogP contribution in [0.25, 0.3) is 11.1 Å². The molecule has 5 atom stereocenters. The minimum atomic E-state index is -5.12. The number of nitrogens with zero attached hydrogens (tertiary/aromatic N) is 3. The molecule has 47 heavy (non-hydrogen) atoms. The molecule has 1 aromatic carbocycles. The Morgan fingerprint density at radius 1 is 1.13 bits per heavy atom. The first-order valence-corrected chi connectivity index (χ1v) is 15.0. The van der Waals surface area contributed by atoms with Crippen molar-refractivity contribution >= 4 is 11.8 Å². The second-order valence-electron chi connectivity index (χ2n) is 12.3. The van der Waals surface area contributed by atoms with Crippen LogP contribution in [0.2, 0.25) is 0 Å². The van der Waals surface area contributed by atoms with Crippen LogP contribution in [0.5, 0.6) is 5.75 Å². The van der Waals surface area contributed by atoms with Crippen molar-refractivity contribution in [2.45, 2.75) is 77.0 Å². The van der Waals surface area contributed by atoms with Crippen molar-refractivity contribution in [2.75, 3.05) is 18.0 Å². The normalized spacial score (nSPS) is 25.6. The number of aliphatic hydroxyl groups excluding tert-OH is 1. The zero-order valence-corrected chi connectivity index (χ0v) is 25.9. The second-order valence-corrected chi connectivity index (χ2v) is 12.3. The second kappa shape index (κ2) is 12.6. The molecule has 3 aliphatic rings. The molecule has 254 valence electrons. The van der Waals surface area contributed by atoms with E-state index in [9.17, 15) is 46.5 Å². The SMILES string of the molecule is C=C(/C=C(\C=C(/C)C(F)(F)F)C(F)(F)F)[C@H]1OC(O)N(Cc2nc(N3CCC3)cc(C)c2-c2cc([C@H]3C[C@@H]3C(=O)O)ccc2O)[C@H]1C. The third-order valence-corrected chi connectivity index (χ3v) is 8.98. The molecule has 3 heterocycles. The molecule has 0 amide bonds. The quantitative estimate of drug-likeness (QED) is 0.204. The van der Waals surface area contributed by atoms with E-state index in [-0.39, 0.29) is 29.9 Å². The van der Waals surface area contributed by atoms with E-state index in [2.05, 4.69) is 6.58 Å². The Bertz CT molecular complexity index is 1630. The van der Waals surface area contributed by atoms with Crippen LogP contribution in [0.1, 0.15) is 49.4 Å². The van der Waals surface area contributed by atoms with Gasteiger partial charge < -0.3 is 25.0 Å². The van der Waals surface area contributed by atoms with E-state index in [0.29, 0.717) is 42.1 Å². The number of ether oxygens (including phenoxy) is 1. The first-order valence-electron chi connectivity index (χ1n) is 15.0. The number of hydrogen-bond donors (Lipinski definition) is 3. The summed E-state index contributed by atoms with van der Waals surface area (Å²) in [6.45, 7) is 9.04. The first kappa shape index (κ1) is 34.5. The Balaban J connectivity index is 1.49. The average molecular weight is 668 g/mol. The maximum atomic E-state index is 13.7. The van der Waals surface area contributed by atoms with Crippen LogP contribution in [0.15, 0.2) is 59.7 Å². The summed E-state index contributed by atoms with van der Waals surface area (Å²) >= 11 is 0. The smallest absolute Gasteiger partial charge is 0.416 e. The highest BCUT2D eigenvalue weighted by Gasteiger charge is 2.45. The zero-order valence-electron chi connectivity index (χ0n) is 25.9. The van der Waals surface area contributed by atoms with Gasteiger partial charge in [0.25, 0.3) is 0 Å². The lowest BCUT2D eigenvalue weighted by molar-refractivity contribution is -0.148. The molecule has 0 radical (unpaired) electrons. The van der Waals surface area contributed by atoms with E-state index in [1.165, 1.54) is 11.0 Å². The van der Waals surface area contributed by atoms with Gasteiger partial charge in [0.1, 0.15) is 17.7 Å². The summed E-state index contributed by atoms with van der Waals surface area (Å²) in [4.78, 5) is 19.9. The maximum absolute atomic E-state index is 13.7. The minimum Gasteiger partial charge on any atom is -0.507 e. The molecule has 0 bridgehead atoms. The number of carboxylic acid groups (broad SMARTS) is 1. The standard InChI is InChI=1S/C33H35F6N3O5/c1-16-11-27(41-8-5-9-41)40-25(28(16)24-13-20(6-7-26(24)43)22-14-23(22)30(44)45)15-42-19(4)29(47-31(42)46)17(2)10-21(33(37,38)39)12-18(3)32(34,35)36/h6-7,10-13,19,22-23,29,31,43,46H,2,5,8-9,14-15H2,1,3-4H3,(H,44,45)/b18-12+,21-10+/t19-,22+,23-,29+,31?/m0/s1. The highest BCUT2D eigenvalue weighted by Crippen LogP contribution is 2.49. The molecule has 8 nitrogen and oxygen atoms in total. The highest BCUT2D eigenvalue weighted by molar-refractivity contribution is 5.79. The Kier molecular flexibility index (Phi) is 9.25. The van der Waals surface area contributed by atoms with Gasteiger partial charge in [0, 0.05) is 42.4 Å². The molecular formula is C33H35F6N3O5. The molecule has 0 spiro atoms. The number of allylic oxidation sites excluding steroid dienone is 3. The fourth-order valence-electron chi connectivity index (χ4n) is 6.02. The number of carboxylic acids is 1.